The van der Waals surface area contributed by atoms with Gasteiger partial charge in [-0.05, 0) is 24.6 Å². The molecule has 1 atom stereocenters. The molecule has 0 aliphatic carbocycles. The highest BCUT2D eigenvalue weighted by Gasteiger charge is 2.15. The summed E-state index contributed by atoms with van der Waals surface area (Å²) in [5, 5.41) is 2.80. The summed E-state index contributed by atoms with van der Waals surface area (Å²) in [4.78, 5) is 22.9. The van der Waals surface area contributed by atoms with E-state index in [9.17, 15) is 9.59 Å². The summed E-state index contributed by atoms with van der Waals surface area (Å²) in [5.41, 5.74) is 1.60. The van der Waals surface area contributed by atoms with Crippen LogP contribution >= 0.6 is 0 Å². The van der Waals surface area contributed by atoms with Gasteiger partial charge < -0.3 is 10.1 Å². The van der Waals surface area contributed by atoms with Gasteiger partial charge in [0.15, 0.2) is 0 Å². The third kappa shape index (κ3) is 3.58. The Hall–Kier alpha value is -1.84. The topological polar surface area (TPSA) is 55.4 Å². The lowest BCUT2D eigenvalue weighted by Crippen LogP contribution is -2.17. The number of carbonyl (C=O) groups excluding carboxylic acids is 2. The maximum Gasteiger partial charge on any atom is 0.312 e. The van der Waals surface area contributed by atoms with Crippen molar-refractivity contribution in [3.8, 4) is 0 Å². The molecule has 0 bridgehead atoms. The minimum absolute atomic E-state index is 0.0243. The van der Waals surface area contributed by atoms with Crippen molar-refractivity contribution in [1.29, 1.82) is 0 Å². The van der Waals surface area contributed by atoms with Crippen molar-refractivity contribution in [2.24, 2.45) is 5.92 Å². The van der Waals surface area contributed by atoms with Crippen LogP contribution in [0.25, 0.3) is 0 Å². The Kier molecular flexibility index (Phi) is 4.89. The van der Waals surface area contributed by atoms with Crippen LogP contribution in [0.2, 0.25) is 0 Å². The van der Waals surface area contributed by atoms with Crippen LogP contribution < -0.4 is 5.32 Å². The lowest BCUT2D eigenvalue weighted by Gasteiger charge is -2.11. The monoisotopic (exact) mass is 249 g/mol. The van der Waals surface area contributed by atoms with E-state index >= 15 is 0 Å². The molecule has 18 heavy (non-hydrogen) atoms. The molecular weight excluding hydrogens is 230 g/mol. The fraction of sp³-hybridized carbons (Fsp3) is 0.429. The van der Waals surface area contributed by atoms with Gasteiger partial charge in [0.2, 0.25) is 5.91 Å². The van der Waals surface area contributed by atoms with Gasteiger partial charge in [-0.15, -0.1) is 0 Å². The van der Waals surface area contributed by atoms with Crippen LogP contribution in [0.5, 0.6) is 0 Å². The second-order valence-corrected chi connectivity index (χ2v) is 4.51. The fourth-order valence-electron chi connectivity index (χ4n) is 1.45. The molecule has 98 valence electrons. The predicted molar refractivity (Wildman–Crippen MR) is 70.3 cm³/mol. The molecule has 0 aliphatic rings. The standard InChI is InChI=1S/C14H19NO3/c1-9(2)13(16)15-12-7-5-11(6-8-12)10(3)14(17)18-4/h5-10H,1-4H3,(H,15,16). The normalized spacial score (nSPS) is 12.1. The van der Waals surface area contributed by atoms with Crippen molar-refractivity contribution in [3.63, 3.8) is 0 Å². The smallest absolute Gasteiger partial charge is 0.312 e. The van der Waals surface area contributed by atoms with E-state index in [1.165, 1.54) is 7.11 Å². The molecule has 0 aromatic heterocycles. The summed E-state index contributed by atoms with van der Waals surface area (Å²) in [6.45, 7) is 5.46. The quantitative estimate of drug-likeness (QED) is 0.834. The Morgan fingerprint density at radius 2 is 1.67 bits per heavy atom. The maximum absolute atomic E-state index is 11.5. The molecule has 1 amide bonds. The van der Waals surface area contributed by atoms with Crippen molar-refractivity contribution >= 4 is 17.6 Å². The van der Waals surface area contributed by atoms with Crippen LogP contribution in [0.1, 0.15) is 32.3 Å². The average molecular weight is 249 g/mol. The van der Waals surface area contributed by atoms with Crippen LogP contribution in [0, 0.1) is 5.92 Å². The second-order valence-electron chi connectivity index (χ2n) is 4.51. The van der Waals surface area contributed by atoms with Gasteiger partial charge in [0.25, 0.3) is 0 Å². The molecule has 1 rings (SSSR count). The van der Waals surface area contributed by atoms with E-state index < -0.39 is 0 Å². The second kappa shape index (κ2) is 6.19. The Morgan fingerprint density at radius 1 is 1.11 bits per heavy atom. The molecule has 0 radical (unpaired) electrons. The number of carbonyl (C=O) groups is 2. The van der Waals surface area contributed by atoms with E-state index in [4.69, 9.17) is 0 Å². The Bertz CT molecular complexity index is 423. The van der Waals surface area contributed by atoms with E-state index in [1.54, 1.807) is 19.1 Å². The molecule has 4 heteroatoms. The van der Waals surface area contributed by atoms with Crippen LogP contribution in [-0.2, 0) is 14.3 Å². The summed E-state index contributed by atoms with van der Waals surface area (Å²) in [6, 6.07) is 7.21. The number of nitrogens with one attached hydrogen (secondary N) is 1. The number of esters is 1. The number of anilines is 1. The first-order valence-electron chi connectivity index (χ1n) is 5.94. The van der Waals surface area contributed by atoms with Gasteiger partial charge in [0.05, 0.1) is 13.0 Å². The highest BCUT2D eigenvalue weighted by Crippen LogP contribution is 2.19. The van der Waals surface area contributed by atoms with Crippen molar-refractivity contribution in [2.75, 3.05) is 12.4 Å². The van der Waals surface area contributed by atoms with E-state index in [-0.39, 0.29) is 23.7 Å². The van der Waals surface area contributed by atoms with Gasteiger partial charge >= 0.3 is 5.97 Å². The molecule has 4 nitrogen and oxygen atoms in total. The third-order valence-corrected chi connectivity index (χ3v) is 2.76. The SMILES string of the molecule is COC(=O)C(C)c1ccc(NC(=O)C(C)C)cc1. The van der Waals surface area contributed by atoms with Crippen molar-refractivity contribution in [1.82, 2.24) is 0 Å². The van der Waals surface area contributed by atoms with Gasteiger partial charge in [-0.3, -0.25) is 9.59 Å². The number of amides is 1. The molecule has 1 aromatic rings. The fourth-order valence-corrected chi connectivity index (χ4v) is 1.45. The zero-order chi connectivity index (χ0) is 13.7. The first-order chi connectivity index (χ1) is 8.45. The molecule has 0 saturated heterocycles. The first kappa shape index (κ1) is 14.2. The third-order valence-electron chi connectivity index (χ3n) is 2.76. The van der Waals surface area contributed by atoms with E-state index in [0.29, 0.717) is 0 Å². The van der Waals surface area contributed by atoms with Gasteiger partial charge in [-0.2, -0.15) is 0 Å². The lowest BCUT2D eigenvalue weighted by molar-refractivity contribution is -0.142. The summed E-state index contributed by atoms with van der Waals surface area (Å²) < 4.78 is 4.68. The van der Waals surface area contributed by atoms with Crippen LogP contribution in [0.15, 0.2) is 24.3 Å². The Morgan fingerprint density at radius 3 is 2.11 bits per heavy atom. The molecule has 1 unspecified atom stereocenters. The molecular formula is C14H19NO3. The number of hydrogen-bond donors (Lipinski definition) is 1. The summed E-state index contributed by atoms with van der Waals surface area (Å²) >= 11 is 0. The van der Waals surface area contributed by atoms with Gasteiger partial charge in [-0.1, -0.05) is 26.0 Å². The van der Waals surface area contributed by atoms with Crippen molar-refractivity contribution in [3.05, 3.63) is 29.8 Å². The van der Waals surface area contributed by atoms with E-state index in [2.05, 4.69) is 10.1 Å². The number of rotatable bonds is 4. The predicted octanol–water partition coefficient (Wildman–Crippen LogP) is 2.56. The summed E-state index contributed by atoms with van der Waals surface area (Å²) in [7, 11) is 1.37. The zero-order valence-corrected chi connectivity index (χ0v) is 11.2. The van der Waals surface area contributed by atoms with E-state index in [0.717, 1.165) is 11.3 Å². The number of methoxy groups -OCH3 is 1. The van der Waals surface area contributed by atoms with Crippen LogP contribution in [-0.4, -0.2) is 19.0 Å². The summed E-state index contributed by atoms with van der Waals surface area (Å²) in [5.74, 6) is -0.652. The zero-order valence-electron chi connectivity index (χ0n) is 11.2. The summed E-state index contributed by atoms with van der Waals surface area (Å²) in [6.07, 6.45) is 0. The molecule has 0 saturated carbocycles. The number of benzene rings is 1. The molecule has 0 aliphatic heterocycles. The van der Waals surface area contributed by atoms with Gasteiger partial charge in [-0.25, -0.2) is 0 Å². The number of ether oxygens (including phenoxy) is 1. The first-order valence-corrected chi connectivity index (χ1v) is 5.94. The van der Waals surface area contributed by atoms with Crippen LogP contribution in [0.4, 0.5) is 5.69 Å². The largest absolute Gasteiger partial charge is 0.469 e. The molecule has 1 aromatic carbocycles. The Labute approximate surface area is 107 Å². The minimum Gasteiger partial charge on any atom is -0.469 e. The van der Waals surface area contributed by atoms with Crippen molar-refractivity contribution < 1.29 is 14.3 Å². The minimum atomic E-state index is -0.301. The average Bonchev–Trinajstić information content (AvgIpc) is 2.37. The van der Waals surface area contributed by atoms with Crippen molar-refractivity contribution in [2.45, 2.75) is 26.7 Å². The highest BCUT2D eigenvalue weighted by molar-refractivity contribution is 5.92. The number of hydrogen-bond acceptors (Lipinski definition) is 3. The van der Waals surface area contributed by atoms with Gasteiger partial charge in [0, 0.05) is 11.6 Å². The molecule has 0 heterocycles. The Balaban J connectivity index is 2.74. The highest BCUT2D eigenvalue weighted by atomic mass is 16.5. The molecule has 1 N–H and O–H groups in total. The molecule has 0 fully saturated rings. The van der Waals surface area contributed by atoms with Crippen LogP contribution in [0.3, 0.4) is 0 Å². The van der Waals surface area contributed by atoms with E-state index in [1.807, 2.05) is 26.0 Å². The molecule has 0 spiro atoms. The van der Waals surface area contributed by atoms with Gasteiger partial charge in [0.1, 0.15) is 0 Å². The lowest BCUT2D eigenvalue weighted by atomic mass is 10.0. The maximum atomic E-state index is 11.5.